The van der Waals surface area contributed by atoms with Crippen molar-refractivity contribution in [2.45, 2.75) is 13.0 Å². The molecule has 1 unspecified atom stereocenters. The van der Waals surface area contributed by atoms with Crippen LogP contribution in [0.2, 0.25) is 0 Å². The van der Waals surface area contributed by atoms with Gasteiger partial charge in [-0.25, -0.2) is 4.98 Å². The predicted molar refractivity (Wildman–Crippen MR) is 64.2 cm³/mol. The number of nitrogens with one attached hydrogen (secondary N) is 1. The smallest absolute Gasteiger partial charge is 0.114 e. The van der Waals surface area contributed by atoms with E-state index in [2.05, 4.69) is 41.5 Å². The van der Waals surface area contributed by atoms with Crippen LogP contribution in [0.1, 0.15) is 22.2 Å². The molecule has 2 nitrogen and oxygen atoms in total. The van der Waals surface area contributed by atoms with Crippen molar-refractivity contribution in [1.29, 1.82) is 0 Å². The lowest BCUT2D eigenvalue weighted by Gasteiger charge is -2.16. The molecule has 1 heterocycles. The van der Waals surface area contributed by atoms with E-state index in [4.69, 9.17) is 0 Å². The van der Waals surface area contributed by atoms with Crippen LogP contribution in [0.25, 0.3) is 0 Å². The fourth-order valence-electron chi connectivity index (χ4n) is 1.70. The van der Waals surface area contributed by atoms with Gasteiger partial charge in [0, 0.05) is 11.6 Å². The fourth-order valence-corrected chi connectivity index (χ4v) is 2.46. The number of aryl methyl sites for hydroxylation is 1. The van der Waals surface area contributed by atoms with E-state index in [9.17, 15) is 0 Å². The number of thiazole rings is 1. The van der Waals surface area contributed by atoms with Crippen molar-refractivity contribution >= 4 is 11.3 Å². The van der Waals surface area contributed by atoms with Gasteiger partial charge in [-0.2, -0.15) is 0 Å². The largest absolute Gasteiger partial charge is 0.307 e. The molecule has 2 rings (SSSR count). The van der Waals surface area contributed by atoms with Crippen molar-refractivity contribution < 1.29 is 0 Å². The van der Waals surface area contributed by atoms with Crippen molar-refractivity contribution in [2.24, 2.45) is 0 Å². The van der Waals surface area contributed by atoms with Crippen LogP contribution in [0.3, 0.4) is 0 Å². The number of rotatable bonds is 3. The lowest BCUT2D eigenvalue weighted by atomic mass is 10.0. The molecule has 1 aromatic heterocycles. The topological polar surface area (TPSA) is 24.9 Å². The highest BCUT2D eigenvalue weighted by atomic mass is 32.1. The van der Waals surface area contributed by atoms with Crippen molar-refractivity contribution in [3.8, 4) is 0 Å². The summed E-state index contributed by atoms with van der Waals surface area (Å²) >= 11 is 1.69. The van der Waals surface area contributed by atoms with Crippen LogP contribution in [0.5, 0.6) is 0 Å². The van der Waals surface area contributed by atoms with Crippen molar-refractivity contribution in [2.75, 3.05) is 7.05 Å². The van der Waals surface area contributed by atoms with Crippen LogP contribution in [0, 0.1) is 6.92 Å². The van der Waals surface area contributed by atoms with Crippen LogP contribution in [0.4, 0.5) is 0 Å². The maximum atomic E-state index is 4.36. The molecule has 0 aliphatic rings. The highest BCUT2D eigenvalue weighted by Crippen LogP contribution is 2.25. The first-order valence-corrected chi connectivity index (χ1v) is 5.83. The van der Waals surface area contributed by atoms with Crippen LogP contribution >= 0.6 is 11.3 Å². The summed E-state index contributed by atoms with van der Waals surface area (Å²) in [6.07, 6.45) is 1.85. The third-order valence-corrected chi connectivity index (χ3v) is 3.33. The van der Waals surface area contributed by atoms with Crippen LogP contribution < -0.4 is 5.32 Å². The minimum absolute atomic E-state index is 0.214. The summed E-state index contributed by atoms with van der Waals surface area (Å²) in [4.78, 5) is 4.36. The predicted octanol–water partition coefficient (Wildman–Crippen LogP) is 2.76. The van der Waals surface area contributed by atoms with Gasteiger partial charge in [-0.1, -0.05) is 24.3 Å². The Morgan fingerprint density at radius 1 is 1.33 bits per heavy atom. The molecule has 1 N–H and O–H groups in total. The molecule has 0 saturated carbocycles. The third-order valence-electron chi connectivity index (χ3n) is 2.49. The van der Waals surface area contributed by atoms with Crippen LogP contribution in [0.15, 0.2) is 35.8 Å². The maximum absolute atomic E-state index is 4.36. The average molecular weight is 218 g/mol. The molecule has 0 fully saturated rings. The Hall–Kier alpha value is -1.19. The highest BCUT2D eigenvalue weighted by molar-refractivity contribution is 7.09. The SMILES string of the molecule is CNC(c1nccs1)c1ccccc1C. The van der Waals surface area contributed by atoms with E-state index in [1.807, 2.05) is 18.6 Å². The van der Waals surface area contributed by atoms with Crippen molar-refractivity contribution in [1.82, 2.24) is 10.3 Å². The number of benzene rings is 1. The van der Waals surface area contributed by atoms with Gasteiger partial charge >= 0.3 is 0 Å². The zero-order chi connectivity index (χ0) is 10.7. The minimum atomic E-state index is 0.214. The minimum Gasteiger partial charge on any atom is -0.307 e. The molecule has 1 aromatic carbocycles. The van der Waals surface area contributed by atoms with Crippen molar-refractivity contribution in [3.05, 3.63) is 52.0 Å². The van der Waals surface area contributed by atoms with E-state index in [1.54, 1.807) is 11.3 Å². The molecule has 0 radical (unpaired) electrons. The summed E-state index contributed by atoms with van der Waals surface area (Å²) in [6.45, 7) is 2.13. The first-order valence-electron chi connectivity index (χ1n) is 4.95. The molecule has 78 valence electrons. The molecule has 0 saturated heterocycles. The summed E-state index contributed by atoms with van der Waals surface area (Å²) in [6, 6.07) is 8.63. The molecule has 0 spiro atoms. The number of nitrogens with zero attached hydrogens (tertiary/aromatic N) is 1. The van der Waals surface area contributed by atoms with Gasteiger partial charge in [-0.3, -0.25) is 0 Å². The zero-order valence-corrected chi connectivity index (χ0v) is 9.71. The molecule has 0 aliphatic carbocycles. The summed E-state index contributed by atoms with van der Waals surface area (Å²) in [5, 5.41) is 6.44. The molecular formula is C12H14N2S. The van der Waals surface area contributed by atoms with E-state index in [1.165, 1.54) is 11.1 Å². The van der Waals surface area contributed by atoms with Gasteiger partial charge in [0.05, 0.1) is 6.04 Å². The Bertz CT molecular complexity index is 423. The Morgan fingerprint density at radius 3 is 2.73 bits per heavy atom. The molecule has 3 heteroatoms. The summed E-state index contributed by atoms with van der Waals surface area (Å²) in [5.74, 6) is 0. The van der Waals surface area contributed by atoms with Crippen molar-refractivity contribution in [3.63, 3.8) is 0 Å². The van der Waals surface area contributed by atoms with Gasteiger partial charge in [0.1, 0.15) is 5.01 Å². The monoisotopic (exact) mass is 218 g/mol. The maximum Gasteiger partial charge on any atom is 0.114 e. The van der Waals surface area contributed by atoms with Gasteiger partial charge in [-0.05, 0) is 25.1 Å². The van der Waals surface area contributed by atoms with E-state index in [0.29, 0.717) is 0 Å². The molecule has 0 amide bonds. The molecule has 1 atom stereocenters. The van der Waals surface area contributed by atoms with E-state index in [-0.39, 0.29) is 6.04 Å². The lowest BCUT2D eigenvalue weighted by Crippen LogP contribution is -2.18. The van der Waals surface area contributed by atoms with Gasteiger partial charge in [0.15, 0.2) is 0 Å². The second-order valence-corrected chi connectivity index (χ2v) is 4.37. The van der Waals surface area contributed by atoms with Gasteiger partial charge < -0.3 is 5.32 Å². The molecule has 0 bridgehead atoms. The Balaban J connectivity index is 2.40. The number of hydrogen-bond acceptors (Lipinski definition) is 3. The quantitative estimate of drug-likeness (QED) is 0.857. The van der Waals surface area contributed by atoms with E-state index in [0.717, 1.165) is 5.01 Å². The summed E-state index contributed by atoms with van der Waals surface area (Å²) in [5.41, 5.74) is 2.60. The van der Waals surface area contributed by atoms with Crippen LogP contribution in [-0.4, -0.2) is 12.0 Å². The Morgan fingerprint density at radius 2 is 2.13 bits per heavy atom. The average Bonchev–Trinajstić information content (AvgIpc) is 2.75. The van der Waals surface area contributed by atoms with Gasteiger partial charge in [0.2, 0.25) is 0 Å². The Kier molecular flexibility index (Phi) is 3.14. The normalized spacial score (nSPS) is 12.7. The second kappa shape index (κ2) is 4.55. The summed E-state index contributed by atoms with van der Waals surface area (Å²) < 4.78 is 0. The zero-order valence-electron chi connectivity index (χ0n) is 8.90. The lowest BCUT2D eigenvalue weighted by molar-refractivity contribution is 0.682. The van der Waals surface area contributed by atoms with E-state index < -0.39 is 0 Å². The molecular weight excluding hydrogens is 204 g/mol. The first kappa shape index (κ1) is 10.3. The molecule has 0 aliphatic heterocycles. The number of aromatic nitrogens is 1. The highest BCUT2D eigenvalue weighted by Gasteiger charge is 2.15. The molecule has 15 heavy (non-hydrogen) atoms. The number of hydrogen-bond donors (Lipinski definition) is 1. The third kappa shape index (κ3) is 2.08. The van der Waals surface area contributed by atoms with Gasteiger partial charge in [0.25, 0.3) is 0 Å². The molecule has 2 aromatic rings. The second-order valence-electron chi connectivity index (χ2n) is 3.45. The standard InChI is InChI=1S/C12H14N2S/c1-9-5-3-4-6-10(9)11(13-2)12-14-7-8-15-12/h3-8,11,13H,1-2H3. The van der Waals surface area contributed by atoms with E-state index >= 15 is 0 Å². The summed E-state index contributed by atoms with van der Waals surface area (Å²) in [7, 11) is 1.97. The first-order chi connectivity index (χ1) is 7.33. The fraction of sp³-hybridized carbons (Fsp3) is 0.250. The van der Waals surface area contributed by atoms with Crippen LogP contribution in [-0.2, 0) is 0 Å². The van der Waals surface area contributed by atoms with Gasteiger partial charge in [-0.15, -0.1) is 11.3 Å². The Labute approximate surface area is 94.0 Å².